The SMILES string of the molecule is CCc1ccc(S(=O)(=O)N2CCCC(CNC(=O)c3cscn3)C2)s1. The van der Waals surface area contributed by atoms with Gasteiger partial charge in [0, 0.05) is 29.9 Å². The third kappa shape index (κ3) is 4.28. The van der Waals surface area contributed by atoms with Gasteiger partial charge in [-0.2, -0.15) is 4.31 Å². The summed E-state index contributed by atoms with van der Waals surface area (Å²) in [6.45, 7) is 3.47. The second-order valence-corrected chi connectivity index (χ2v) is 10.1. The van der Waals surface area contributed by atoms with Gasteiger partial charge in [0.2, 0.25) is 0 Å². The number of thiazole rings is 1. The van der Waals surface area contributed by atoms with Crippen LogP contribution < -0.4 is 5.32 Å². The number of rotatable bonds is 6. The lowest BCUT2D eigenvalue weighted by Gasteiger charge is -2.31. The first kappa shape index (κ1) is 18.5. The molecule has 2 aromatic rings. The van der Waals surface area contributed by atoms with E-state index in [0.29, 0.717) is 29.5 Å². The van der Waals surface area contributed by atoms with Gasteiger partial charge in [0.25, 0.3) is 15.9 Å². The average molecular weight is 400 g/mol. The molecule has 2 aromatic heterocycles. The topological polar surface area (TPSA) is 79.4 Å². The molecule has 1 fully saturated rings. The Kier molecular flexibility index (Phi) is 5.88. The highest BCUT2D eigenvalue weighted by molar-refractivity contribution is 7.91. The molecule has 0 aromatic carbocycles. The summed E-state index contributed by atoms with van der Waals surface area (Å²) in [4.78, 5) is 17.0. The molecular weight excluding hydrogens is 378 g/mol. The minimum atomic E-state index is -3.44. The lowest BCUT2D eigenvalue weighted by molar-refractivity contribution is 0.0937. The molecule has 6 nitrogen and oxygen atoms in total. The molecule has 0 radical (unpaired) electrons. The van der Waals surface area contributed by atoms with E-state index in [4.69, 9.17) is 0 Å². The van der Waals surface area contributed by atoms with Crippen molar-refractivity contribution in [3.8, 4) is 0 Å². The standard InChI is InChI=1S/C16H21N3O3S3/c1-2-13-5-6-15(24-13)25(21,22)19-7-3-4-12(9-19)8-17-16(20)14-10-23-11-18-14/h5-6,10-12H,2-4,7-9H2,1H3,(H,17,20). The number of carbonyl (C=O) groups is 1. The number of sulfonamides is 1. The molecule has 0 spiro atoms. The third-order valence-electron chi connectivity index (χ3n) is 4.28. The van der Waals surface area contributed by atoms with Crippen LogP contribution in [-0.4, -0.2) is 43.2 Å². The van der Waals surface area contributed by atoms with Crippen molar-refractivity contribution in [1.82, 2.24) is 14.6 Å². The van der Waals surface area contributed by atoms with Gasteiger partial charge in [-0.1, -0.05) is 6.92 Å². The van der Waals surface area contributed by atoms with Crippen LogP contribution in [0.1, 0.15) is 35.1 Å². The van der Waals surface area contributed by atoms with Crippen molar-refractivity contribution in [3.63, 3.8) is 0 Å². The third-order valence-corrected chi connectivity index (χ3v) is 8.43. The maximum atomic E-state index is 12.8. The van der Waals surface area contributed by atoms with Crippen LogP contribution in [0.2, 0.25) is 0 Å². The minimum absolute atomic E-state index is 0.122. The molecule has 1 saturated heterocycles. The quantitative estimate of drug-likeness (QED) is 0.810. The fraction of sp³-hybridized carbons (Fsp3) is 0.500. The van der Waals surface area contributed by atoms with Crippen LogP contribution in [0, 0.1) is 5.92 Å². The molecule has 1 N–H and O–H groups in total. The zero-order chi connectivity index (χ0) is 17.9. The summed E-state index contributed by atoms with van der Waals surface area (Å²) in [5.74, 6) is -0.0798. The van der Waals surface area contributed by atoms with Gasteiger partial charge in [0.1, 0.15) is 9.90 Å². The Morgan fingerprint density at radius 1 is 1.44 bits per heavy atom. The number of hydrogen-bond donors (Lipinski definition) is 1. The summed E-state index contributed by atoms with van der Waals surface area (Å²) in [5.41, 5.74) is 2.03. The highest BCUT2D eigenvalue weighted by atomic mass is 32.2. The molecule has 0 aliphatic carbocycles. The second kappa shape index (κ2) is 7.94. The maximum Gasteiger partial charge on any atom is 0.270 e. The van der Waals surface area contributed by atoms with Gasteiger partial charge in [-0.25, -0.2) is 13.4 Å². The van der Waals surface area contributed by atoms with Crippen LogP contribution in [0.4, 0.5) is 0 Å². The van der Waals surface area contributed by atoms with Gasteiger partial charge in [0.05, 0.1) is 5.51 Å². The first-order chi connectivity index (χ1) is 12.0. The van der Waals surface area contributed by atoms with Crippen molar-refractivity contribution in [3.05, 3.63) is 33.6 Å². The zero-order valence-corrected chi connectivity index (χ0v) is 16.4. The van der Waals surface area contributed by atoms with Gasteiger partial charge in [0.15, 0.2) is 0 Å². The van der Waals surface area contributed by atoms with E-state index < -0.39 is 10.0 Å². The monoisotopic (exact) mass is 399 g/mol. The van der Waals surface area contributed by atoms with E-state index in [0.717, 1.165) is 24.1 Å². The van der Waals surface area contributed by atoms with Gasteiger partial charge >= 0.3 is 0 Å². The van der Waals surface area contributed by atoms with Crippen molar-refractivity contribution in [2.75, 3.05) is 19.6 Å². The number of nitrogens with one attached hydrogen (secondary N) is 1. The molecule has 1 atom stereocenters. The maximum absolute atomic E-state index is 12.8. The fourth-order valence-electron chi connectivity index (χ4n) is 2.88. The van der Waals surface area contributed by atoms with Crippen LogP contribution in [-0.2, 0) is 16.4 Å². The van der Waals surface area contributed by atoms with Gasteiger partial charge in [-0.15, -0.1) is 22.7 Å². The number of hydrogen-bond acceptors (Lipinski definition) is 6. The minimum Gasteiger partial charge on any atom is -0.350 e. The van der Waals surface area contributed by atoms with E-state index in [2.05, 4.69) is 10.3 Å². The van der Waals surface area contributed by atoms with Crippen molar-refractivity contribution < 1.29 is 13.2 Å². The van der Waals surface area contributed by atoms with E-state index in [1.165, 1.54) is 22.7 Å². The van der Waals surface area contributed by atoms with Crippen molar-refractivity contribution in [1.29, 1.82) is 0 Å². The van der Waals surface area contributed by atoms with Crippen LogP contribution in [0.15, 0.2) is 27.2 Å². The molecule has 9 heteroatoms. The summed E-state index contributed by atoms with van der Waals surface area (Å²) >= 11 is 2.72. The summed E-state index contributed by atoms with van der Waals surface area (Å²) in [7, 11) is -3.44. The number of aryl methyl sites for hydroxylation is 1. The van der Waals surface area contributed by atoms with Gasteiger partial charge in [-0.05, 0) is 37.3 Å². The fourth-order valence-corrected chi connectivity index (χ4v) is 6.41. The Balaban J connectivity index is 1.61. The average Bonchev–Trinajstić information content (AvgIpc) is 3.31. The highest BCUT2D eigenvalue weighted by Gasteiger charge is 2.31. The molecule has 1 aliphatic rings. The largest absolute Gasteiger partial charge is 0.350 e. The highest BCUT2D eigenvalue weighted by Crippen LogP contribution is 2.28. The zero-order valence-electron chi connectivity index (χ0n) is 14.0. The van der Waals surface area contributed by atoms with E-state index in [-0.39, 0.29) is 11.8 Å². The van der Waals surface area contributed by atoms with Gasteiger partial charge < -0.3 is 5.32 Å². The Labute approximate surface area is 155 Å². The number of amides is 1. The first-order valence-electron chi connectivity index (χ1n) is 8.26. The Morgan fingerprint density at radius 3 is 2.96 bits per heavy atom. The van der Waals surface area contributed by atoms with E-state index >= 15 is 0 Å². The summed E-state index contributed by atoms with van der Waals surface area (Å²) in [5, 5.41) is 4.57. The van der Waals surface area contributed by atoms with Crippen molar-refractivity contribution in [2.45, 2.75) is 30.4 Å². The molecular formula is C16H21N3O3S3. The molecule has 1 aliphatic heterocycles. The molecule has 1 amide bonds. The number of carbonyl (C=O) groups excluding carboxylic acids is 1. The number of thiophene rings is 1. The summed E-state index contributed by atoms with van der Waals surface area (Å²) in [6.07, 6.45) is 2.56. The molecule has 0 bridgehead atoms. The second-order valence-electron chi connectivity index (χ2n) is 6.03. The molecule has 136 valence electrons. The number of nitrogens with zero attached hydrogens (tertiary/aromatic N) is 2. The predicted molar refractivity (Wildman–Crippen MR) is 99.6 cm³/mol. The lowest BCUT2D eigenvalue weighted by atomic mass is 10.00. The summed E-state index contributed by atoms with van der Waals surface area (Å²) < 4.78 is 27.6. The van der Waals surface area contributed by atoms with Crippen LogP contribution >= 0.6 is 22.7 Å². The Morgan fingerprint density at radius 2 is 2.28 bits per heavy atom. The Hall–Kier alpha value is -1.29. The molecule has 3 rings (SSSR count). The number of aromatic nitrogens is 1. The van der Waals surface area contributed by atoms with Crippen LogP contribution in [0.5, 0.6) is 0 Å². The van der Waals surface area contributed by atoms with Gasteiger partial charge in [-0.3, -0.25) is 4.79 Å². The molecule has 0 saturated carbocycles. The molecule has 25 heavy (non-hydrogen) atoms. The molecule has 3 heterocycles. The van der Waals surface area contributed by atoms with Crippen LogP contribution in [0.25, 0.3) is 0 Å². The normalized spacial score (nSPS) is 19.0. The van der Waals surface area contributed by atoms with Crippen LogP contribution in [0.3, 0.4) is 0 Å². The number of piperidine rings is 1. The first-order valence-corrected chi connectivity index (χ1v) is 11.5. The van der Waals surface area contributed by atoms with E-state index in [9.17, 15) is 13.2 Å². The summed E-state index contributed by atoms with van der Waals surface area (Å²) in [6, 6.07) is 3.58. The molecule has 1 unspecified atom stereocenters. The van der Waals surface area contributed by atoms with Crippen molar-refractivity contribution >= 4 is 38.6 Å². The van der Waals surface area contributed by atoms with E-state index in [1.807, 2.05) is 13.0 Å². The predicted octanol–water partition coefficient (Wildman–Crippen LogP) is 2.60. The van der Waals surface area contributed by atoms with E-state index in [1.54, 1.807) is 21.3 Å². The lowest BCUT2D eigenvalue weighted by Crippen LogP contribution is -2.43. The van der Waals surface area contributed by atoms with Crippen molar-refractivity contribution in [2.24, 2.45) is 5.92 Å². The smallest absolute Gasteiger partial charge is 0.270 e. The Bertz CT molecular complexity index is 815.